The van der Waals surface area contributed by atoms with Crippen LogP contribution < -0.4 is 10.1 Å². The maximum Gasteiger partial charge on any atom is 0.222 e. The van der Waals surface area contributed by atoms with E-state index in [9.17, 15) is 5.11 Å². The summed E-state index contributed by atoms with van der Waals surface area (Å²) in [4.78, 5) is 4.08. The van der Waals surface area contributed by atoms with Crippen LogP contribution in [0, 0.1) is 18.3 Å². The Hall–Kier alpha value is -1.92. The number of nitrogens with zero attached hydrogens (tertiary/aromatic N) is 3. The summed E-state index contributed by atoms with van der Waals surface area (Å²) < 4.78 is 7.72. The smallest absolute Gasteiger partial charge is 0.222 e. The lowest BCUT2D eigenvalue weighted by Gasteiger charge is -2.33. The van der Waals surface area contributed by atoms with Crippen molar-refractivity contribution in [3.8, 4) is 11.6 Å². The van der Waals surface area contributed by atoms with Crippen LogP contribution in [0.5, 0.6) is 11.6 Å². The first-order chi connectivity index (χ1) is 11.7. The van der Waals surface area contributed by atoms with E-state index >= 15 is 0 Å². The fraction of sp³-hybridized carbons (Fsp3) is 0.579. The van der Waals surface area contributed by atoms with Crippen molar-refractivity contribution in [3.05, 3.63) is 35.8 Å². The van der Waals surface area contributed by atoms with Crippen LogP contribution in [0.1, 0.15) is 39.0 Å². The van der Waals surface area contributed by atoms with Crippen molar-refractivity contribution in [2.45, 2.75) is 47.3 Å². The summed E-state index contributed by atoms with van der Waals surface area (Å²) >= 11 is 0. The zero-order valence-electron chi connectivity index (χ0n) is 16.1. The van der Waals surface area contributed by atoms with E-state index in [1.54, 1.807) is 17.1 Å². The van der Waals surface area contributed by atoms with Crippen molar-refractivity contribution in [2.24, 2.45) is 18.4 Å². The molecule has 0 saturated carbocycles. The second kappa shape index (κ2) is 7.97. The van der Waals surface area contributed by atoms with Gasteiger partial charge in [0.05, 0.1) is 23.6 Å². The summed E-state index contributed by atoms with van der Waals surface area (Å²) in [6.45, 7) is 11.5. The minimum atomic E-state index is -0.360. The van der Waals surface area contributed by atoms with Gasteiger partial charge in [0.2, 0.25) is 5.88 Å². The minimum Gasteiger partial charge on any atom is -0.437 e. The molecule has 0 fully saturated rings. The Morgan fingerprint density at radius 1 is 1.36 bits per heavy atom. The molecule has 1 atom stereocenters. The molecule has 25 heavy (non-hydrogen) atoms. The van der Waals surface area contributed by atoms with Crippen molar-refractivity contribution < 1.29 is 9.84 Å². The summed E-state index contributed by atoms with van der Waals surface area (Å²) in [5.74, 6) is 1.61. The fourth-order valence-corrected chi connectivity index (χ4v) is 3.05. The number of aliphatic hydroxyl groups excluding tert-OH is 1. The SMILES string of the molecule is Cc1nn(C)c(Oc2cccnc2)c1CNCC(C)(C)C(O)C(C)C. The Kier molecular flexibility index (Phi) is 6.19. The van der Waals surface area contributed by atoms with Crippen LogP contribution in [0.3, 0.4) is 0 Å². The van der Waals surface area contributed by atoms with Gasteiger partial charge in [-0.25, -0.2) is 4.68 Å². The first-order valence-electron chi connectivity index (χ1n) is 8.71. The van der Waals surface area contributed by atoms with E-state index in [0.717, 1.165) is 11.3 Å². The summed E-state index contributed by atoms with van der Waals surface area (Å²) in [5, 5.41) is 18.3. The number of hydrogen-bond donors (Lipinski definition) is 2. The molecule has 2 heterocycles. The molecule has 2 aromatic heterocycles. The zero-order valence-corrected chi connectivity index (χ0v) is 16.1. The van der Waals surface area contributed by atoms with Crippen LogP contribution in [0.2, 0.25) is 0 Å². The molecule has 0 amide bonds. The highest BCUT2D eigenvalue weighted by molar-refractivity contribution is 5.34. The molecule has 138 valence electrons. The number of aliphatic hydroxyl groups is 1. The molecular formula is C19H30N4O2. The number of nitrogens with one attached hydrogen (secondary N) is 1. The van der Waals surface area contributed by atoms with E-state index in [0.29, 0.717) is 24.7 Å². The van der Waals surface area contributed by atoms with Crippen LogP contribution in [0.15, 0.2) is 24.5 Å². The van der Waals surface area contributed by atoms with Gasteiger partial charge in [0.1, 0.15) is 5.75 Å². The Balaban J connectivity index is 2.07. The molecule has 2 rings (SSSR count). The summed E-state index contributed by atoms with van der Waals surface area (Å²) in [6, 6.07) is 3.71. The van der Waals surface area contributed by atoms with Gasteiger partial charge in [-0.1, -0.05) is 27.7 Å². The highest BCUT2D eigenvalue weighted by Crippen LogP contribution is 2.28. The molecule has 6 heteroatoms. The van der Waals surface area contributed by atoms with E-state index in [1.807, 2.05) is 40.0 Å². The predicted octanol–water partition coefficient (Wildman–Crippen LogP) is 3.05. The largest absolute Gasteiger partial charge is 0.437 e. The number of ether oxygens (including phenoxy) is 1. The number of aryl methyl sites for hydroxylation is 2. The normalized spacial score (nSPS) is 13.3. The van der Waals surface area contributed by atoms with E-state index in [4.69, 9.17) is 4.74 Å². The number of pyridine rings is 1. The van der Waals surface area contributed by atoms with E-state index in [1.165, 1.54) is 0 Å². The van der Waals surface area contributed by atoms with E-state index < -0.39 is 0 Å². The topological polar surface area (TPSA) is 72.2 Å². The molecule has 0 aromatic carbocycles. The lowest BCUT2D eigenvalue weighted by Crippen LogP contribution is -2.41. The third kappa shape index (κ3) is 4.80. The minimum absolute atomic E-state index is 0.214. The molecule has 2 aromatic rings. The maximum atomic E-state index is 10.4. The van der Waals surface area contributed by atoms with Crippen LogP contribution in [-0.2, 0) is 13.6 Å². The Morgan fingerprint density at radius 2 is 2.08 bits per heavy atom. The number of hydrogen-bond acceptors (Lipinski definition) is 5. The highest BCUT2D eigenvalue weighted by atomic mass is 16.5. The second-order valence-electron chi connectivity index (χ2n) is 7.56. The molecule has 0 aliphatic rings. The van der Waals surface area contributed by atoms with Gasteiger partial charge < -0.3 is 15.2 Å². The average Bonchev–Trinajstić information content (AvgIpc) is 2.81. The molecule has 1 unspecified atom stereocenters. The number of aromatic nitrogens is 3. The van der Waals surface area contributed by atoms with Gasteiger partial charge in [-0.2, -0.15) is 5.10 Å². The van der Waals surface area contributed by atoms with Crippen LogP contribution in [-0.4, -0.2) is 32.5 Å². The Bertz CT molecular complexity index is 680. The predicted molar refractivity (Wildman–Crippen MR) is 98.6 cm³/mol. The lowest BCUT2D eigenvalue weighted by atomic mass is 9.80. The van der Waals surface area contributed by atoms with Crippen LogP contribution >= 0.6 is 0 Å². The van der Waals surface area contributed by atoms with Gasteiger partial charge in [-0.05, 0) is 25.0 Å². The van der Waals surface area contributed by atoms with Gasteiger partial charge >= 0.3 is 0 Å². The Morgan fingerprint density at radius 3 is 2.68 bits per heavy atom. The third-order valence-electron chi connectivity index (χ3n) is 4.45. The van der Waals surface area contributed by atoms with Crippen molar-refractivity contribution in [2.75, 3.05) is 6.54 Å². The third-order valence-corrected chi connectivity index (χ3v) is 4.45. The first kappa shape index (κ1) is 19.4. The zero-order chi connectivity index (χ0) is 18.6. The molecule has 0 radical (unpaired) electrons. The van der Waals surface area contributed by atoms with E-state index in [-0.39, 0.29) is 17.4 Å². The molecule has 0 spiro atoms. The van der Waals surface area contributed by atoms with Crippen molar-refractivity contribution in [3.63, 3.8) is 0 Å². The second-order valence-corrected chi connectivity index (χ2v) is 7.56. The standard InChI is InChI=1S/C19H30N4O2/c1-13(2)17(24)19(4,5)12-21-11-16-14(3)22-23(6)18(16)25-15-8-7-9-20-10-15/h7-10,13,17,21,24H,11-12H2,1-6H3. The summed E-state index contributed by atoms with van der Waals surface area (Å²) in [5.41, 5.74) is 1.73. The lowest BCUT2D eigenvalue weighted by molar-refractivity contribution is 0.0134. The van der Waals surface area contributed by atoms with Gasteiger partial charge in [0.25, 0.3) is 0 Å². The summed E-state index contributed by atoms with van der Waals surface area (Å²) in [6.07, 6.45) is 3.04. The van der Waals surface area contributed by atoms with Gasteiger partial charge in [-0.3, -0.25) is 4.98 Å². The fourth-order valence-electron chi connectivity index (χ4n) is 3.05. The number of rotatable bonds is 8. The van der Waals surface area contributed by atoms with Crippen molar-refractivity contribution in [1.82, 2.24) is 20.1 Å². The maximum absolute atomic E-state index is 10.4. The first-order valence-corrected chi connectivity index (χ1v) is 8.71. The molecular weight excluding hydrogens is 316 g/mol. The molecule has 6 nitrogen and oxygen atoms in total. The molecule has 2 N–H and O–H groups in total. The van der Waals surface area contributed by atoms with E-state index in [2.05, 4.69) is 29.2 Å². The molecule has 0 aliphatic heterocycles. The van der Waals surface area contributed by atoms with Gasteiger partial charge in [-0.15, -0.1) is 0 Å². The monoisotopic (exact) mass is 346 g/mol. The molecule has 0 saturated heterocycles. The van der Waals surface area contributed by atoms with Gasteiger partial charge in [0, 0.05) is 31.7 Å². The molecule has 0 bridgehead atoms. The average molecular weight is 346 g/mol. The molecule has 0 aliphatic carbocycles. The van der Waals surface area contributed by atoms with Crippen LogP contribution in [0.25, 0.3) is 0 Å². The van der Waals surface area contributed by atoms with Crippen LogP contribution in [0.4, 0.5) is 0 Å². The highest BCUT2D eigenvalue weighted by Gasteiger charge is 2.30. The Labute approximate surface area is 150 Å². The summed E-state index contributed by atoms with van der Waals surface area (Å²) in [7, 11) is 1.87. The van der Waals surface area contributed by atoms with Gasteiger partial charge in [0.15, 0.2) is 0 Å². The quantitative estimate of drug-likeness (QED) is 0.769. The van der Waals surface area contributed by atoms with Crippen molar-refractivity contribution in [1.29, 1.82) is 0 Å². The van der Waals surface area contributed by atoms with Crippen molar-refractivity contribution >= 4 is 0 Å².